The predicted octanol–water partition coefficient (Wildman–Crippen LogP) is 4.89. The van der Waals surface area contributed by atoms with Gasteiger partial charge in [-0.15, -0.1) is 0 Å². The monoisotopic (exact) mass is 493 g/mol. The summed E-state index contributed by atoms with van der Waals surface area (Å²) in [6.07, 6.45) is 0.739. The Labute approximate surface area is 206 Å². The molecule has 1 aromatic heterocycles. The van der Waals surface area contributed by atoms with Crippen LogP contribution < -0.4 is 15.6 Å². The number of carbonyl (C=O) groups is 1. The van der Waals surface area contributed by atoms with Gasteiger partial charge in [-0.05, 0) is 49.2 Å². The lowest BCUT2D eigenvalue weighted by atomic mass is 10.1. The lowest BCUT2D eigenvalue weighted by Crippen LogP contribution is -2.33. The maximum absolute atomic E-state index is 13.5. The van der Waals surface area contributed by atoms with Gasteiger partial charge < -0.3 is 10.1 Å². The summed E-state index contributed by atoms with van der Waals surface area (Å²) in [5, 5.41) is 3.79. The molecule has 0 bridgehead atoms. The van der Waals surface area contributed by atoms with E-state index in [1.165, 1.54) is 16.3 Å². The second-order valence-corrected chi connectivity index (χ2v) is 9.40. The molecule has 174 valence electrons. The lowest BCUT2D eigenvalue weighted by molar-refractivity contribution is -0.120. The Morgan fingerprint density at radius 1 is 1.12 bits per heavy atom. The standard InChI is InChI=1S/C26H24ClN3O3S/c1-17(24(31)28-15-14-18-8-4-3-5-9-18)34-26-29-21-16-19(27)12-13-20(21)25(32)30(26)22-10-6-7-11-23(22)33-2/h3-13,16-17H,14-15H2,1-2H3,(H,28,31). The first-order chi connectivity index (χ1) is 16.5. The molecule has 1 heterocycles. The number of benzene rings is 3. The second-order valence-electron chi connectivity index (χ2n) is 7.65. The van der Waals surface area contributed by atoms with Crippen LogP contribution in [-0.2, 0) is 11.2 Å². The van der Waals surface area contributed by atoms with E-state index in [-0.39, 0.29) is 11.5 Å². The predicted molar refractivity (Wildman–Crippen MR) is 137 cm³/mol. The van der Waals surface area contributed by atoms with Gasteiger partial charge in [0.05, 0.1) is 29.0 Å². The molecule has 0 saturated carbocycles. The van der Waals surface area contributed by atoms with Gasteiger partial charge in [0, 0.05) is 11.6 Å². The highest BCUT2D eigenvalue weighted by atomic mass is 35.5. The average Bonchev–Trinajstić information content (AvgIpc) is 2.84. The minimum atomic E-state index is -0.486. The quantitative estimate of drug-likeness (QED) is 0.279. The summed E-state index contributed by atoms with van der Waals surface area (Å²) >= 11 is 7.37. The van der Waals surface area contributed by atoms with E-state index in [0.717, 1.165) is 12.0 Å². The molecular weight excluding hydrogens is 470 g/mol. The number of ether oxygens (including phenoxy) is 1. The smallest absolute Gasteiger partial charge is 0.266 e. The summed E-state index contributed by atoms with van der Waals surface area (Å²) in [6, 6.07) is 22.2. The van der Waals surface area contributed by atoms with Crippen LogP contribution >= 0.6 is 23.4 Å². The summed E-state index contributed by atoms with van der Waals surface area (Å²) in [5.41, 5.74) is 1.92. The van der Waals surface area contributed by atoms with Crippen molar-refractivity contribution in [3.05, 3.63) is 93.7 Å². The molecule has 0 saturated heterocycles. The summed E-state index contributed by atoms with van der Waals surface area (Å²) in [5.74, 6) is 0.398. The van der Waals surface area contributed by atoms with Crippen LogP contribution in [-0.4, -0.2) is 34.4 Å². The number of nitrogens with zero attached hydrogens (tertiary/aromatic N) is 2. The fourth-order valence-corrected chi connectivity index (χ4v) is 4.69. The van der Waals surface area contributed by atoms with Gasteiger partial charge in [-0.2, -0.15) is 0 Å². The van der Waals surface area contributed by atoms with Crippen LogP contribution in [0.15, 0.2) is 82.7 Å². The van der Waals surface area contributed by atoms with Gasteiger partial charge >= 0.3 is 0 Å². The van der Waals surface area contributed by atoms with E-state index in [4.69, 9.17) is 21.3 Å². The molecule has 3 aromatic carbocycles. The van der Waals surface area contributed by atoms with Gasteiger partial charge in [0.15, 0.2) is 5.16 Å². The molecule has 0 radical (unpaired) electrons. The summed E-state index contributed by atoms with van der Waals surface area (Å²) in [4.78, 5) is 31.0. The van der Waals surface area contributed by atoms with Crippen LogP contribution in [0.25, 0.3) is 16.6 Å². The second kappa shape index (κ2) is 10.8. The van der Waals surface area contributed by atoms with Gasteiger partial charge in [0.1, 0.15) is 5.75 Å². The van der Waals surface area contributed by atoms with Gasteiger partial charge in [0.25, 0.3) is 5.56 Å². The van der Waals surface area contributed by atoms with E-state index in [2.05, 4.69) is 5.32 Å². The first-order valence-electron chi connectivity index (χ1n) is 10.8. The fourth-order valence-electron chi connectivity index (χ4n) is 3.57. The number of hydrogen-bond acceptors (Lipinski definition) is 5. The highest BCUT2D eigenvalue weighted by molar-refractivity contribution is 8.00. The number of hydrogen-bond donors (Lipinski definition) is 1. The number of nitrogens with one attached hydrogen (secondary N) is 1. The fraction of sp³-hybridized carbons (Fsp3) is 0.192. The van der Waals surface area contributed by atoms with Crippen molar-refractivity contribution in [3.8, 4) is 11.4 Å². The number of halogens is 1. The molecular formula is C26H24ClN3O3S. The topological polar surface area (TPSA) is 73.2 Å². The third kappa shape index (κ3) is 5.26. The maximum atomic E-state index is 13.5. The van der Waals surface area contributed by atoms with Crippen molar-refractivity contribution < 1.29 is 9.53 Å². The summed E-state index contributed by atoms with van der Waals surface area (Å²) in [6.45, 7) is 2.32. The number of thioether (sulfide) groups is 1. The van der Waals surface area contributed by atoms with Crippen molar-refractivity contribution in [1.29, 1.82) is 0 Å². The van der Waals surface area contributed by atoms with Crippen molar-refractivity contribution in [2.24, 2.45) is 0 Å². The number of methoxy groups -OCH3 is 1. The van der Waals surface area contributed by atoms with Crippen molar-refractivity contribution >= 4 is 40.2 Å². The van der Waals surface area contributed by atoms with Crippen LogP contribution in [0.1, 0.15) is 12.5 Å². The van der Waals surface area contributed by atoms with E-state index < -0.39 is 5.25 Å². The highest BCUT2D eigenvalue weighted by Crippen LogP contribution is 2.29. The molecule has 0 aliphatic rings. The van der Waals surface area contributed by atoms with Gasteiger partial charge in [-0.3, -0.25) is 14.2 Å². The number of rotatable bonds is 8. The molecule has 8 heteroatoms. The molecule has 1 N–H and O–H groups in total. The number of amides is 1. The van der Waals surface area contributed by atoms with E-state index in [9.17, 15) is 9.59 Å². The summed E-state index contributed by atoms with van der Waals surface area (Å²) in [7, 11) is 1.55. The zero-order valence-corrected chi connectivity index (χ0v) is 20.4. The van der Waals surface area contributed by atoms with E-state index in [1.54, 1.807) is 44.4 Å². The molecule has 4 rings (SSSR count). The van der Waals surface area contributed by atoms with Crippen molar-refractivity contribution in [3.63, 3.8) is 0 Å². The Balaban J connectivity index is 1.65. The molecule has 0 fully saturated rings. The molecule has 1 unspecified atom stereocenters. The van der Waals surface area contributed by atoms with Crippen molar-refractivity contribution in [1.82, 2.24) is 14.9 Å². The Bertz CT molecular complexity index is 1380. The van der Waals surface area contributed by atoms with Crippen LogP contribution in [0, 0.1) is 0 Å². The molecule has 1 atom stereocenters. The van der Waals surface area contributed by atoms with Crippen LogP contribution in [0.3, 0.4) is 0 Å². The van der Waals surface area contributed by atoms with E-state index in [1.807, 2.05) is 42.5 Å². The molecule has 34 heavy (non-hydrogen) atoms. The van der Waals surface area contributed by atoms with Crippen LogP contribution in [0.2, 0.25) is 5.02 Å². The van der Waals surface area contributed by atoms with E-state index in [0.29, 0.717) is 39.1 Å². The van der Waals surface area contributed by atoms with Crippen molar-refractivity contribution in [2.75, 3.05) is 13.7 Å². The zero-order valence-electron chi connectivity index (χ0n) is 18.8. The zero-order chi connectivity index (χ0) is 24.1. The third-order valence-corrected chi connectivity index (χ3v) is 6.62. The Morgan fingerprint density at radius 2 is 1.85 bits per heavy atom. The Morgan fingerprint density at radius 3 is 2.62 bits per heavy atom. The molecule has 0 aliphatic carbocycles. The lowest BCUT2D eigenvalue weighted by Gasteiger charge is -2.18. The largest absolute Gasteiger partial charge is 0.495 e. The maximum Gasteiger partial charge on any atom is 0.266 e. The third-order valence-electron chi connectivity index (χ3n) is 5.33. The first-order valence-corrected chi connectivity index (χ1v) is 12.1. The molecule has 6 nitrogen and oxygen atoms in total. The first kappa shape index (κ1) is 23.9. The normalized spacial score (nSPS) is 11.9. The van der Waals surface area contributed by atoms with Gasteiger partial charge in [-0.25, -0.2) is 4.98 Å². The average molecular weight is 494 g/mol. The van der Waals surface area contributed by atoms with Gasteiger partial charge in [-0.1, -0.05) is 65.8 Å². The molecule has 0 aliphatic heterocycles. The van der Waals surface area contributed by atoms with E-state index >= 15 is 0 Å². The number of fused-ring (bicyclic) bond motifs is 1. The number of aromatic nitrogens is 2. The Hall–Kier alpha value is -3.29. The molecule has 1 amide bonds. The minimum absolute atomic E-state index is 0.132. The van der Waals surface area contributed by atoms with Crippen LogP contribution in [0.5, 0.6) is 5.75 Å². The SMILES string of the molecule is COc1ccccc1-n1c(SC(C)C(=O)NCCc2ccccc2)nc2cc(Cl)ccc2c1=O. The Kier molecular flexibility index (Phi) is 7.55. The number of para-hydroxylation sites is 2. The van der Waals surface area contributed by atoms with Crippen LogP contribution in [0.4, 0.5) is 0 Å². The molecule has 4 aromatic rings. The van der Waals surface area contributed by atoms with Crippen molar-refractivity contribution in [2.45, 2.75) is 23.8 Å². The molecule has 0 spiro atoms. The number of carbonyl (C=O) groups excluding carboxylic acids is 1. The highest BCUT2D eigenvalue weighted by Gasteiger charge is 2.21. The van der Waals surface area contributed by atoms with Gasteiger partial charge in [0.2, 0.25) is 5.91 Å². The summed E-state index contributed by atoms with van der Waals surface area (Å²) < 4.78 is 6.98. The minimum Gasteiger partial charge on any atom is -0.495 e.